The topological polar surface area (TPSA) is 426 Å². The van der Waals surface area contributed by atoms with E-state index in [1.54, 1.807) is 6.07 Å². The SMILES string of the molecule is CCC/C(=C/CCCCCC(=O)NCCNC(=O)c1ccc(N/N=C/c2ccccc2S(=O)(=O)O)nc1)NC(=O)[C@H](CC(C)C)NC(=O)[C@H](CCc1ccccc1)NC(=O)CNC(=O)[C@H](CCCCN=C(N)N)NC(=O)[C@@H]1CCCN1C(=O)CN(CCCCN)C(C)=O. The van der Waals surface area contributed by atoms with Crippen LogP contribution in [0.15, 0.2) is 99.7 Å². The first kappa shape index (κ1) is 76.6. The first-order chi connectivity index (χ1) is 44.5. The fraction of sp³-hybridized carbons (Fsp3) is 0.531. The smallest absolute Gasteiger partial charge is 0.295 e. The van der Waals surface area contributed by atoms with E-state index in [0.717, 1.165) is 24.8 Å². The molecule has 29 heteroatoms. The number of anilines is 1. The number of likely N-dealkylation sites (tertiary alicyclic amines) is 1. The van der Waals surface area contributed by atoms with Crippen molar-refractivity contribution in [3.8, 4) is 0 Å². The summed E-state index contributed by atoms with van der Waals surface area (Å²) in [5.41, 5.74) is 21.3. The van der Waals surface area contributed by atoms with Gasteiger partial charge in [0.1, 0.15) is 34.9 Å². The molecule has 1 saturated heterocycles. The number of nitrogens with one attached hydrogen (secondary N) is 8. The molecule has 0 radical (unpaired) electrons. The molecule has 9 amide bonds. The van der Waals surface area contributed by atoms with Gasteiger partial charge in [0.15, 0.2) is 5.96 Å². The number of hydrazone groups is 1. The minimum atomic E-state index is -4.45. The number of amides is 9. The number of benzene rings is 2. The molecular weight excluding hydrogens is 1220 g/mol. The number of guanidine groups is 1. The standard InChI is InChI=1S/C64H96N16O12S/c1-5-20-49(24-11-6-7-12-28-56(82)68-35-36-69-59(85)48-30-32-55(71-40-48)78-73-41-47-23-13-14-27-54(47)93(90,91)92)74-62(88)52(39-44(2)3)77-61(87)51(31-29-46-21-9-8-10-22-46)75-57(83)42-72-60(86)50(25-15-17-34-70-64(66)67)76-63(89)53-26-19-38-80(53)58(84)43-79(45(4)81)37-18-16-33-65/h8-10,13-14,21-24,27,30,32,40-41,44,50-53H,5-7,11-12,15-20,25-26,28-29,31,33-39,42-43,65H2,1-4H3,(H,68,82)(H,69,85)(H,71,78)(H,72,86)(H,74,88)(H,75,83)(H,76,89)(H,77,87)(H4,66,67,70)(H,90,91,92)/b49-24-,73-41+/t50-,51-,52-,53-/m0/s1. The fourth-order valence-corrected chi connectivity index (χ4v) is 10.8. The van der Waals surface area contributed by atoms with E-state index in [4.69, 9.17) is 17.2 Å². The highest BCUT2D eigenvalue weighted by atomic mass is 32.2. The minimum Gasteiger partial charge on any atom is -0.370 e. The lowest BCUT2D eigenvalue weighted by atomic mass is 10.0. The number of carbonyl (C=O) groups excluding carboxylic acids is 9. The second-order valence-corrected chi connectivity index (χ2v) is 24.5. The number of aromatic nitrogens is 1. The number of hydrogen-bond donors (Lipinski definition) is 12. The second-order valence-electron chi connectivity index (χ2n) is 23.1. The minimum absolute atomic E-state index is 0.0229. The Morgan fingerprint density at radius 1 is 0.785 bits per heavy atom. The van der Waals surface area contributed by atoms with Gasteiger partial charge < -0.3 is 64.2 Å². The van der Waals surface area contributed by atoms with Gasteiger partial charge in [0.25, 0.3) is 16.0 Å². The van der Waals surface area contributed by atoms with Crippen molar-refractivity contribution in [3.05, 3.63) is 101 Å². The van der Waals surface area contributed by atoms with Crippen LogP contribution in [0.4, 0.5) is 5.82 Å². The molecular formula is C64H96N16O12S. The van der Waals surface area contributed by atoms with E-state index in [1.807, 2.05) is 57.2 Å². The van der Waals surface area contributed by atoms with Gasteiger partial charge >= 0.3 is 0 Å². The summed E-state index contributed by atoms with van der Waals surface area (Å²) >= 11 is 0. The Bertz CT molecular complexity index is 3130. The summed E-state index contributed by atoms with van der Waals surface area (Å²) in [5.74, 6) is -4.08. The van der Waals surface area contributed by atoms with Gasteiger partial charge in [-0.25, -0.2) is 4.98 Å². The van der Waals surface area contributed by atoms with Crippen molar-refractivity contribution in [2.75, 3.05) is 57.8 Å². The first-order valence-electron chi connectivity index (χ1n) is 31.9. The van der Waals surface area contributed by atoms with Crippen molar-refractivity contribution in [2.24, 2.45) is 33.2 Å². The van der Waals surface area contributed by atoms with Crippen LogP contribution in [0.25, 0.3) is 0 Å². The second kappa shape index (κ2) is 41.6. The Hall–Kier alpha value is -8.83. The van der Waals surface area contributed by atoms with E-state index in [1.165, 1.54) is 59.5 Å². The van der Waals surface area contributed by atoms with Gasteiger partial charge in [0.2, 0.25) is 47.3 Å². The third kappa shape index (κ3) is 29.6. The quantitative estimate of drug-likeness (QED) is 0.0127. The summed E-state index contributed by atoms with van der Waals surface area (Å²) < 4.78 is 32.7. The van der Waals surface area contributed by atoms with Gasteiger partial charge in [-0.3, -0.25) is 58.1 Å². The first-order valence-corrected chi connectivity index (χ1v) is 33.3. The molecule has 1 aliphatic heterocycles. The number of carbonyl (C=O) groups is 9. The number of aryl methyl sites for hydroxylation is 1. The van der Waals surface area contributed by atoms with Crippen molar-refractivity contribution < 1.29 is 56.1 Å². The average Bonchev–Trinajstić information content (AvgIpc) is 1.92. The summed E-state index contributed by atoms with van der Waals surface area (Å²) in [7, 11) is -4.45. The van der Waals surface area contributed by atoms with E-state index in [9.17, 15) is 56.1 Å². The summed E-state index contributed by atoms with van der Waals surface area (Å²) in [5, 5.41) is 23.6. The van der Waals surface area contributed by atoms with E-state index in [-0.39, 0.29) is 104 Å². The number of nitrogens with two attached hydrogens (primary N) is 3. The summed E-state index contributed by atoms with van der Waals surface area (Å²) in [6.07, 6.45) is 12.7. The third-order valence-electron chi connectivity index (χ3n) is 15.0. The normalized spacial score (nSPS) is 14.1. The summed E-state index contributed by atoms with van der Waals surface area (Å²) in [4.78, 5) is 132. The van der Waals surface area contributed by atoms with Gasteiger partial charge in [-0.1, -0.05) is 88.2 Å². The molecule has 1 aromatic heterocycles. The van der Waals surface area contributed by atoms with Gasteiger partial charge in [0, 0.05) is 63.5 Å². The molecule has 2 heterocycles. The highest BCUT2D eigenvalue weighted by Crippen LogP contribution is 2.20. The zero-order valence-corrected chi connectivity index (χ0v) is 54.8. The van der Waals surface area contributed by atoms with Gasteiger partial charge in [0.05, 0.1) is 24.9 Å². The molecule has 2 aromatic carbocycles. The number of pyridine rings is 1. The monoisotopic (exact) mass is 1310 g/mol. The predicted molar refractivity (Wildman–Crippen MR) is 354 cm³/mol. The lowest BCUT2D eigenvalue weighted by Gasteiger charge is -2.29. The van der Waals surface area contributed by atoms with E-state index in [2.05, 4.69) is 57.7 Å². The Kier molecular flexibility index (Phi) is 34.3. The lowest BCUT2D eigenvalue weighted by molar-refractivity contribution is -0.143. The van der Waals surface area contributed by atoms with Crippen molar-refractivity contribution in [2.45, 2.75) is 166 Å². The molecule has 0 bridgehead atoms. The zero-order chi connectivity index (χ0) is 68.1. The zero-order valence-electron chi connectivity index (χ0n) is 54.0. The van der Waals surface area contributed by atoms with Crippen LogP contribution in [0.5, 0.6) is 0 Å². The number of unbranched alkanes of at least 4 members (excludes halogenated alkanes) is 5. The molecule has 0 unspecified atom stereocenters. The van der Waals surface area contributed by atoms with Crippen LogP contribution >= 0.6 is 0 Å². The molecule has 3 aromatic rings. The van der Waals surface area contributed by atoms with E-state index < -0.39 is 82.2 Å². The molecule has 15 N–H and O–H groups in total. The Labute approximate surface area is 545 Å². The maximum absolute atomic E-state index is 14.3. The number of allylic oxidation sites excluding steroid dienone is 2. The van der Waals surface area contributed by atoms with Crippen LogP contribution in [0.3, 0.4) is 0 Å². The number of nitrogens with zero attached hydrogens (tertiary/aromatic N) is 5. The number of aliphatic imine (C=N–C) groups is 1. The Balaban J connectivity index is 1.29. The van der Waals surface area contributed by atoms with Crippen molar-refractivity contribution in [3.63, 3.8) is 0 Å². The molecule has 28 nitrogen and oxygen atoms in total. The third-order valence-corrected chi connectivity index (χ3v) is 15.9. The summed E-state index contributed by atoms with van der Waals surface area (Å²) in [6, 6.07) is 14.0. The highest BCUT2D eigenvalue weighted by molar-refractivity contribution is 7.86. The molecule has 1 aliphatic rings. The van der Waals surface area contributed by atoms with E-state index in [0.29, 0.717) is 83.0 Å². The molecule has 510 valence electrons. The molecule has 4 rings (SSSR count). The Morgan fingerprint density at radius 3 is 2.20 bits per heavy atom. The molecule has 1 fully saturated rings. The lowest BCUT2D eigenvalue weighted by Crippen LogP contribution is -2.56. The maximum atomic E-state index is 14.3. The van der Waals surface area contributed by atoms with Crippen molar-refractivity contribution in [1.82, 2.24) is 52.0 Å². The summed E-state index contributed by atoms with van der Waals surface area (Å²) in [6.45, 7) is 8.13. The van der Waals surface area contributed by atoms with Crippen LogP contribution < -0.4 is 59.8 Å². The van der Waals surface area contributed by atoms with Gasteiger partial charge in [-0.2, -0.15) is 13.5 Å². The largest absolute Gasteiger partial charge is 0.370 e. The van der Waals surface area contributed by atoms with Crippen LogP contribution in [0, 0.1) is 5.92 Å². The molecule has 0 spiro atoms. The average molecular weight is 1310 g/mol. The van der Waals surface area contributed by atoms with Crippen molar-refractivity contribution in [1.29, 1.82) is 0 Å². The Morgan fingerprint density at radius 2 is 1.52 bits per heavy atom. The van der Waals surface area contributed by atoms with Crippen molar-refractivity contribution >= 4 is 81.3 Å². The van der Waals surface area contributed by atoms with Crippen LogP contribution in [-0.4, -0.2) is 170 Å². The van der Waals surface area contributed by atoms with Gasteiger partial charge in [-0.15, -0.1) is 0 Å². The number of hydrogen-bond acceptors (Lipinski definition) is 16. The predicted octanol–water partition coefficient (Wildman–Crippen LogP) is 2.64. The molecule has 4 atom stereocenters. The van der Waals surface area contributed by atoms with Gasteiger partial charge in [-0.05, 0) is 126 Å². The molecule has 0 aliphatic carbocycles. The van der Waals surface area contributed by atoms with Crippen LogP contribution in [-0.2, 0) is 54.9 Å². The van der Waals surface area contributed by atoms with Crippen LogP contribution in [0.1, 0.15) is 152 Å². The van der Waals surface area contributed by atoms with Crippen LogP contribution in [0.2, 0.25) is 0 Å². The maximum Gasteiger partial charge on any atom is 0.295 e. The molecule has 0 saturated carbocycles. The number of rotatable bonds is 42. The van der Waals surface area contributed by atoms with E-state index >= 15 is 0 Å². The highest BCUT2D eigenvalue weighted by Gasteiger charge is 2.37. The fourth-order valence-electron chi connectivity index (χ4n) is 10.1. The molecule has 93 heavy (non-hydrogen) atoms.